The van der Waals surface area contributed by atoms with Crippen LogP contribution in [0.5, 0.6) is 0 Å². The molecule has 0 aliphatic carbocycles. The van der Waals surface area contributed by atoms with Crippen molar-refractivity contribution >= 4 is 11.8 Å². The lowest BCUT2D eigenvalue weighted by Crippen LogP contribution is -2.32. The molecule has 168 valence electrons. The first-order chi connectivity index (χ1) is 16.0. The molecule has 1 atom stereocenters. The van der Waals surface area contributed by atoms with E-state index in [9.17, 15) is 9.90 Å². The second-order valence-corrected chi connectivity index (χ2v) is 7.97. The molecule has 0 spiro atoms. The summed E-state index contributed by atoms with van der Waals surface area (Å²) < 4.78 is 5.79. The average molecular weight is 442 g/mol. The molecule has 33 heavy (non-hydrogen) atoms. The zero-order chi connectivity index (χ0) is 23.2. The molecule has 0 fully saturated rings. The highest BCUT2D eigenvalue weighted by atomic mass is 16.4. The van der Waals surface area contributed by atoms with Gasteiger partial charge in [0.05, 0.1) is 17.6 Å². The molecule has 2 aromatic heterocycles. The number of carbonyl (C=O) groups is 1. The minimum absolute atomic E-state index is 0.211. The van der Waals surface area contributed by atoms with Crippen molar-refractivity contribution in [3.8, 4) is 11.3 Å². The van der Waals surface area contributed by atoms with Crippen LogP contribution < -0.4 is 5.32 Å². The number of aromatic nitrogens is 2. The summed E-state index contributed by atoms with van der Waals surface area (Å²) in [5.74, 6) is 0.961. The summed E-state index contributed by atoms with van der Waals surface area (Å²) >= 11 is 0. The molecule has 0 aliphatic heterocycles. The van der Waals surface area contributed by atoms with E-state index in [1.54, 1.807) is 6.20 Å². The van der Waals surface area contributed by atoms with Crippen molar-refractivity contribution in [1.29, 1.82) is 0 Å². The first-order valence-corrected chi connectivity index (χ1v) is 11.1. The van der Waals surface area contributed by atoms with Crippen LogP contribution in [0.1, 0.15) is 35.3 Å². The van der Waals surface area contributed by atoms with E-state index >= 15 is 0 Å². The smallest absolute Gasteiger partial charge is 0.326 e. The van der Waals surface area contributed by atoms with Crippen molar-refractivity contribution < 1.29 is 14.3 Å². The second-order valence-electron chi connectivity index (χ2n) is 7.97. The first kappa shape index (κ1) is 22.3. The Bertz CT molecular complexity index is 1220. The van der Waals surface area contributed by atoms with Crippen molar-refractivity contribution in [1.82, 2.24) is 9.97 Å². The molecule has 0 amide bonds. The zero-order valence-corrected chi connectivity index (χ0v) is 18.8. The molecule has 6 nitrogen and oxygen atoms in total. The number of aryl methyl sites for hydroxylation is 2. The monoisotopic (exact) mass is 441 g/mol. The number of nitrogens with zero attached hydrogens (tertiary/aromatic N) is 2. The Kier molecular flexibility index (Phi) is 6.83. The van der Waals surface area contributed by atoms with Crippen molar-refractivity contribution in [2.75, 3.05) is 5.32 Å². The summed E-state index contributed by atoms with van der Waals surface area (Å²) in [5.41, 5.74) is 4.55. The maximum absolute atomic E-state index is 12.1. The first-order valence-electron chi connectivity index (χ1n) is 11.1. The van der Waals surface area contributed by atoms with Gasteiger partial charge in [-0.2, -0.15) is 0 Å². The molecule has 6 heteroatoms. The summed E-state index contributed by atoms with van der Waals surface area (Å²) in [6, 6.07) is 20.8. The van der Waals surface area contributed by atoms with Crippen LogP contribution >= 0.6 is 0 Å². The normalized spacial score (nSPS) is 11.8. The van der Waals surface area contributed by atoms with Crippen molar-refractivity contribution in [3.05, 3.63) is 101 Å². The van der Waals surface area contributed by atoms with E-state index in [2.05, 4.69) is 10.3 Å². The molecule has 1 unspecified atom stereocenters. The van der Waals surface area contributed by atoms with E-state index in [1.807, 2.05) is 80.6 Å². The fourth-order valence-electron chi connectivity index (χ4n) is 3.81. The van der Waals surface area contributed by atoms with Gasteiger partial charge >= 0.3 is 5.97 Å². The van der Waals surface area contributed by atoms with Crippen LogP contribution in [-0.4, -0.2) is 27.1 Å². The zero-order valence-electron chi connectivity index (χ0n) is 18.8. The lowest BCUT2D eigenvalue weighted by molar-refractivity contribution is -0.138. The Labute approximate surface area is 193 Å². The molecule has 0 bridgehead atoms. The van der Waals surface area contributed by atoms with Crippen LogP contribution in [0.15, 0.2) is 77.3 Å². The molecule has 0 radical (unpaired) electrons. The summed E-state index contributed by atoms with van der Waals surface area (Å²) in [6.45, 7) is 3.95. The summed E-state index contributed by atoms with van der Waals surface area (Å²) in [5, 5.41) is 13.0. The highest BCUT2D eigenvalue weighted by Gasteiger charge is 2.23. The van der Waals surface area contributed by atoms with Crippen LogP contribution in [-0.2, 0) is 24.1 Å². The highest BCUT2D eigenvalue weighted by Crippen LogP contribution is 2.23. The fourth-order valence-corrected chi connectivity index (χ4v) is 3.81. The average Bonchev–Trinajstić information content (AvgIpc) is 3.19. The van der Waals surface area contributed by atoms with Gasteiger partial charge in [0.25, 0.3) is 0 Å². The van der Waals surface area contributed by atoms with Crippen LogP contribution in [0.3, 0.4) is 0 Å². The SMILES string of the molecule is CCc1cc(CC(Nc2ncc(-c3ccccc3)nc2Cc2ccccc2)C(=O)O)oc1C. The van der Waals surface area contributed by atoms with Gasteiger partial charge < -0.3 is 14.8 Å². The number of hydrogen-bond acceptors (Lipinski definition) is 5. The number of carboxylic acid groups (broad SMARTS) is 1. The molecular weight excluding hydrogens is 414 g/mol. The fraction of sp³-hybridized carbons (Fsp3) is 0.222. The van der Waals surface area contributed by atoms with E-state index in [4.69, 9.17) is 9.40 Å². The Hall–Kier alpha value is -3.93. The van der Waals surface area contributed by atoms with E-state index < -0.39 is 12.0 Å². The number of furan rings is 1. The molecule has 4 aromatic rings. The molecule has 0 saturated heterocycles. The Morgan fingerprint density at radius 3 is 2.42 bits per heavy atom. The third-order valence-corrected chi connectivity index (χ3v) is 5.60. The molecular formula is C27H27N3O3. The van der Waals surface area contributed by atoms with Gasteiger partial charge in [0.2, 0.25) is 0 Å². The summed E-state index contributed by atoms with van der Waals surface area (Å²) in [4.78, 5) is 21.5. The van der Waals surface area contributed by atoms with Gasteiger partial charge in [0.15, 0.2) is 0 Å². The Morgan fingerprint density at radius 2 is 1.79 bits per heavy atom. The molecule has 2 N–H and O–H groups in total. The highest BCUT2D eigenvalue weighted by molar-refractivity contribution is 5.77. The largest absolute Gasteiger partial charge is 0.480 e. The quantitative estimate of drug-likeness (QED) is 0.366. The van der Waals surface area contributed by atoms with Crippen molar-refractivity contribution in [2.24, 2.45) is 0 Å². The van der Waals surface area contributed by atoms with Gasteiger partial charge in [0.1, 0.15) is 23.4 Å². The summed E-state index contributed by atoms with van der Waals surface area (Å²) in [6.07, 6.45) is 3.26. The van der Waals surface area contributed by atoms with Gasteiger partial charge in [-0.05, 0) is 30.5 Å². The predicted octanol–water partition coefficient (Wildman–Crippen LogP) is 5.31. The molecule has 2 aromatic carbocycles. The third kappa shape index (κ3) is 5.47. The Balaban J connectivity index is 1.65. The van der Waals surface area contributed by atoms with E-state index in [1.165, 1.54) is 0 Å². The van der Waals surface area contributed by atoms with Gasteiger partial charge in [-0.1, -0.05) is 67.6 Å². The third-order valence-electron chi connectivity index (χ3n) is 5.60. The van der Waals surface area contributed by atoms with Crippen LogP contribution in [0.25, 0.3) is 11.3 Å². The topological polar surface area (TPSA) is 88.2 Å². The van der Waals surface area contributed by atoms with Crippen LogP contribution in [0, 0.1) is 6.92 Å². The van der Waals surface area contributed by atoms with E-state index in [0.717, 1.165) is 34.6 Å². The molecule has 0 saturated carbocycles. The minimum atomic E-state index is -0.971. The number of anilines is 1. The van der Waals surface area contributed by atoms with Crippen LogP contribution in [0.2, 0.25) is 0 Å². The van der Waals surface area contributed by atoms with E-state index in [-0.39, 0.29) is 6.42 Å². The maximum Gasteiger partial charge on any atom is 0.326 e. The molecule has 4 rings (SSSR count). The number of aliphatic carboxylic acids is 1. The Morgan fingerprint density at radius 1 is 1.09 bits per heavy atom. The number of benzene rings is 2. The number of nitrogens with one attached hydrogen (secondary N) is 1. The van der Waals surface area contributed by atoms with Gasteiger partial charge in [-0.3, -0.25) is 0 Å². The lowest BCUT2D eigenvalue weighted by Gasteiger charge is -2.17. The van der Waals surface area contributed by atoms with Crippen molar-refractivity contribution in [3.63, 3.8) is 0 Å². The van der Waals surface area contributed by atoms with Gasteiger partial charge in [0, 0.05) is 18.4 Å². The molecule has 0 aliphatic rings. The number of carboxylic acids is 1. The predicted molar refractivity (Wildman–Crippen MR) is 128 cm³/mol. The number of rotatable bonds is 9. The lowest BCUT2D eigenvalue weighted by atomic mass is 10.1. The molecule has 2 heterocycles. The van der Waals surface area contributed by atoms with E-state index in [0.29, 0.717) is 23.7 Å². The standard InChI is InChI=1S/C27H27N3O3/c1-3-20-15-22(33-18(20)2)16-24(27(31)32)30-26-23(14-19-10-6-4-7-11-19)29-25(17-28-26)21-12-8-5-9-13-21/h4-13,15,17,24H,3,14,16H2,1-2H3,(H,28,30)(H,31,32). The minimum Gasteiger partial charge on any atom is -0.480 e. The number of hydrogen-bond donors (Lipinski definition) is 2. The summed E-state index contributed by atoms with van der Waals surface area (Å²) in [7, 11) is 0. The maximum atomic E-state index is 12.1. The van der Waals surface area contributed by atoms with Gasteiger partial charge in [-0.15, -0.1) is 0 Å². The van der Waals surface area contributed by atoms with Crippen molar-refractivity contribution in [2.45, 2.75) is 39.2 Å². The second kappa shape index (κ2) is 10.1. The van der Waals surface area contributed by atoms with Gasteiger partial charge in [-0.25, -0.2) is 14.8 Å². The van der Waals surface area contributed by atoms with Crippen LogP contribution in [0.4, 0.5) is 5.82 Å².